The van der Waals surface area contributed by atoms with Gasteiger partial charge in [0.15, 0.2) is 0 Å². The molecule has 0 bridgehead atoms. The summed E-state index contributed by atoms with van der Waals surface area (Å²) in [7, 11) is 3.45. The quantitative estimate of drug-likeness (QED) is 0.629. The van der Waals surface area contributed by atoms with Crippen LogP contribution in [0.3, 0.4) is 0 Å². The molecule has 1 amide bonds. The summed E-state index contributed by atoms with van der Waals surface area (Å²) in [6.07, 6.45) is 0. The van der Waals surface area contributed by atoms with Crippen molar-refractivity contribution >= 4 is 17.5 Å². The van der Waals surface area contributed by atoms with E-state index in [1.54, 1.807) is 20.2 Å². The van der Waals surface area contributed by atoms with E-state index in [0.717, 1.165) is 22.3 Å². The van der Waals surface area contributed by atoms with Gasteiger partial charge in [-0.1, -0.05) is 78.3 Å². The van der Waals surface area contributed by atoms with Crippen molar-refractivity contribution in [3.05, 3.63) is 83.4 Å². The lowest BCUT2D eigenvalue weighted by molar-refractivity contribution is 0.0828. The zero-order chi connectivity index (χ0) is 17.1. The molecule has 0 aliphatic rings. The molecule has 0 aliphatic carbocycles. The summed E-state index contributed by atoms with van der Waals surface area (Å²) in [5.41, 5.74) is 4.61. The summed E-state index contributed by atoms with van der Waals surface area (Å²) in [5, 5.41) is 0.486. The minimum atomic E-state index is -0.0981. The lowest BCUT2D eigenvalue weighted by Gasteiger charge is -2.16. The van der Waals surface area contributed by atoms with Gasteiger partial charge in [-0.25, -0.2) is 0 Å². The number of amides is 1. The predicted molar refractivity (Wildman–Crippen MR) is 100 cm³/mol. The number of rotatable bonds is 3. The zero-order valence-electron chi connectivity index (χ0n) is 13.7. The molecule has 0 aromatic heterocycles. The van der Waals surface area contributed by atoms with Gasteiger partial charge in [-0.15, -0.1) is 0 Å². The number of nitrogens with zero attached hydrogens (tertiary/aromatic N) is 1. The molecule has 0 aliphatic heterocycles. The third-order valence-electron chi connectivity index (χ3n) is 3.94. The molecule has 24 heavy (non-hydrogen) atoms. The number of carbonyl (C=O) groups excluding carboxylic acids is 1. The summed E-state index contributed by atoms with van der Waals surface area (Å²) in [6.45, 7) is 0. The molecule has 0 spiro atoms. The number of benzene rings is 3. The average Bonchev–Trinajstić information content (AvgIpc) is 2.62. The molecule has 3 aromatic carbocycles. The maximum atomic E-state index is 12.3. The summed E-state index contributed by atoms with van der Waals surface area (Å²) in [5.74, 6) is -0.0981. The largest absolute Gasteiger partial charge is 0.345 e. The Labute approximate surface area is 147 Å². The topological polar surface area (TPSA) is 20.3 Å². The minimum absolute atomic E-state index is 0.0981. The van der Waals surface area contributed by atoms with Crippen molar-refractivity contribution in [3.8, 4) is 22.3 Å². The first kappa shape index (κ1) is 16.3. The second-order valence-electron chi connectivity index (χ2n) is 5.78. The Hall–Kier alpha value is -2.58. The third kappa shape index (κ3) is 3.06. The van der Waals surface area contributed by atoms with Crippen LogP contribution < -0.4 is 0 Å². The van der Waals surface area contributed by atoms with Gasteiger partial charge in [-0.3, -0.25) is 4.79 Å². The molecule has 0 unspecified atom stereocenters. The highest BCUT2D eigenvalue weighted by molar-refractivity contribution is 6.36. The molecule has 0 fully saturated rings. The summed E-state index contributed by atoms with van der Waals surface area (Å²) < 4.78 is 0. The molecule has 3 rings (SSSR count). The van der Waals surface area contributed by atoms with Gasteiger partial charge >= 0.3 is 0 Å². The molecular weight excluding hydrogens is 318 g/mol. The normalized spacial score (nSPS) is 10.5. The molecule has 0 atom stereocenters. The maximum absolute atomic E-state index is 12.3. The molecule has 3 aromatic rings. The van der Waals surface area contributed by atoms with E-state index in [0.29, 0.717) is 10.6 Å². The Balaban J connectivity index is 2.18. The second kappa shape index (κ2) is 6.90. The van der Waals surface area contributed by atoms with Crippen molar-refractivity contribution in [2.75, 3.05) is 14.1 Å². The number of hydrogen-bond donors (Lipinski definition) is 0. The van der Waals surface area contributed by atoms with Crippen molar-refractivity contribution in [3.63, 3.8) is 0 Å². The van der Waals surface area contributed by atoms with Crippen LogP contribution in [0.5, 0.6) is 0 Å². The van der Waals surface area contributed by atoms with E-state index in [-0.39, 0.29) is 5.91 Å². The van der Waals surface area contributed by atoms with Gasteiger partial charge < -0.3 is 4.90 Å². The number of hydrogen-bond acceptors (Lipinski definition) is 1. The fourth-order valence-corrected chi connectivity index (χ4v) is 3.04. The Morgan fingerprint density at radius 1 is 0.750 bits per heavy atom. The number of halogens is 1. The van der Waals surface area contributed by atoms with Gasteiger partial charge in [-0.05, 0) is 22.8 Å². The highest BCUT2D eigenvalue weighted by Crippen LogP contribution is 2.37. The van der Waals surface area contributed by atoms with Crippen LogP contribution in [0.2, 0.25) is 5.02 Å². The standard InChI is InChI=1S/C21H18ClNO/c1-23(2)21(24)19-14-8-13-18(20(19)22)17-12-7-6-11-16(17)15-9-4-3-5-10-15/h3-14H,1-2H3. The summed E-state index contributed by atoms with van der Waals surface area (Å²) in [6, 6.07) is 23.9. The van der Waals surface area contributed by atoms with E-state index in [4.69, 9.17) is 11.6 Å². The molecule has 2 nitrogen and oxygen atoms in total. The Kier molecular flexibility index (Phi) is 4.68. The molecule has 3 heteroatoms. The zero-order valence-corrected chi connectivity index (χ0v) is 14.4. The van der Waals surface area contributed by atoms with Crippen molar-refractivity contribution in [2.24, 2.45) is 0 Å². The van der Waals surface area contributed by atoms with Crippen molar-refractivity contribution in [1.29, 1.82) is 0 Å². The Bertz CT molecular complexity index is 872. The van der Waals surface area contributed by atoms with Crippen LogP contribution in [0.25, 0.3) is 22.3 Å². The lowest BCUT2D eigenvalue weighted by atomic mass is 9.93. The molecule has 0 N–H and O–H groups in total. The molecule has 0 saturated carbocycles. The predicted octanol–water partition coefficient (Wildman–Crippen LogP) is 5.38. The van der Waals surface area contributed by atoms with E-state index in [1.165, 1.54) is 4.90 Å². The van der Waals surface area contributed by atoms with Crippen LogP contribution >= 0.6 is 11.6 Å². The van der Waals surface area contributed by atoms with Gasteiger partial charge in [0, 0.05) is 19.7 Å². The molecule has 120 valence electrons. The van der Waals surface area contributed by atoms with Crippen molar-refractivity contribution in [2.45, 2.75) is 0 Å². The fraction of sp³-hybridized carbons (Fsp3) is 0.0952. The van der Waals surface area contributed by atoms with Crippen LogP contribution in [-0.2, 0) is 0 Å². The van der Waals surface area contributed by atoms with Gasteiger partial charge in [-0.2, -0.15) is 0 Å². The van der Waals surface area contributed by atoms with Crippen LogP contribution in [0.4, 0.5) is 0 Å². The van der Waals surface area contributed by atoms with Gasteiger partial charge in [0.2, 0.25) is 0 Å². The van der Waals surface area contributed by atoms with E-state index < -0.39 is 0 Å². The van der Waals surface area contributed by atoms with Crippen LogP contribution in [0, 0.1) is 0 Å². The minimum Gasteiger partial charge on any atom is -0.345 e. The molecule has 0 heterocycles. The molecule has 0 saturated heterocycles. The lowest BCUT2D eigenvalue weighted by Crippen LogP contribution is -2.22. The monoisotopic (exact) mass is 335 g/mol. The van der Waals surface area contributed by atoms with Gasteiger partial charge in [0.25, 0.3) is 5.91 Å². The summed E-state index contributed by atoms with van der Waals surface area (Å²) >= 11 is 6.59. The maximum Gasteiger partial charge on any atom is 0.254 e. The average molecular weight is 336 g/mol. The molecular formula is C21H18ClNO. The van der Waals surface area contributed by atoms with Gasteiger partial charge in [0.05, 0.1) is 10.6 Å². The Morgan fingerprint density at radius 2 is 1.33 bits per heavy atom. The Morgan fingerprint density at radius 3 is 2.00 bits per heavy atom. The van der Waals surface area contributed by atoms with E-state index in [2.05, 4.69) is 18.2 Å². The van der Waals surface area contributed by atoms with Gasteiger partial charge in [0.1, 0.15) is 0 Å². The van der Waals surface area contributed by atoms with Crippen molar-refractivity contribution < 1.29 is 4.79 Å². The highest BCUT2D eigenvalue weighted by atomic mass is 35.5. The molecule has 0 radical (unpaired) electrons. The van der Waals surface area contributed by atoms with Crippen LogP contribution in [-0.4, -0.2) is 24.9 Å². The summed E-state index contributed by atoms with van der Waals surface area (Å²) in [4.78, 5) is 13.9. The van der Waals surface area contributed by atoms with E-state index in [9.17, 15) is 4.79 Å². The first-order valence-electron chi connectivity index (χ1n) is 7.74. The smallest absolute Gasteiger partial charge is 0.254 e. The fourth-order valence-electron chi connectivity index (χ4n) is 2.73. The second-order valence-corrected chi connectivity index (χ2v) is 6.16. The third-order valence-corrected chi connectivity index (χ3v) is 4.34. The van der Waals surface area contributed by atoms with E-state index >= 15 is 0 Å². The first-order chi connectivity index (χ1) is 11.6. The highest BCUT2D eigenvalue weighted by Gasteiger charge is 2.17. The van der Waals surface area contributed by atoms with Crippen molar-refractivity contribution in [1.82, 2.24) is 4.90 Å². The van der Waals surface area contributed by atoms with E-state index in [1.807, 2.05) is 48.5 Å². The number of carbonyl (C=O) groups is 1. The SMILES string of the molecule is CN(C)C(=O)c1cccc(-c2ccccc2-c2ccccc2)c1Cl. The first-order valence-corrected chi connectivity index (χ1v) is 8.12. The van der Waals surface area contributed by atoms with Crippen LogP contribution in [0.15, 0.2) is 72.8 Å². The van der Waals surface area contributed by atoms with Crippen LogP contribution in [0.1, 0.15) is 10.4 Å².